The number of aromatic nitrogens is 4. The van der Waals surface area contributed by atoms with Gasteiger partial charge in [0.1, 0.15) is 5.75 Å². The molecule has 3 N–H and O–H groups in total. The lowest BCUT2D eigenvalue weighted by Gasteiger charge is -2.31. The van der Waals surface area contributed by atoms with Crippen LogP contribution in [0.1, 0.15) is 28.8 Å². The number of rotatable bonds is 7. The molecule has 4 heterocycles. The van der Waals surface area contributed by atoms with Crippen molar-refractivity contribution in [2.24, 2.45) is 11.7 Å². The number of halogens is 2. The lowest BCUT2D eigenvalue weighted by molar-refractivity contribution is 0.0692. The van der Waals surface area contributed by atoms with Gasteiger partial charge in [-0.3, -0.25) is 14.2 Å². The van der Waals surface area contributed by atoms with Gasteiger partial charge < -0.3 is 20.7 Å². The molecule has 1 aliphatic heterocycles. The van der Waals surface area contributed by atoms with Crippen LogP contribution in [0.15, 0.2) is 73.4 Å². The van der Waals surface area contributed by atoms with Crippen LogP contribution in [0.25, 0.3) is 16.9 Å². The predicted molar refractivity (Wildman–Crippen MR) is 155 cm³/mol. The highest BCUT2D eigenvalue weighted by molar-refractivity contribution is 5.96. The average molecular weight is 570 g/mol. The van der Waals surface area contributed by atoms with Gasteiger partial charge in [-0.25, -0.2) is 14.4 Å². The molecule has 0 unspecified atom stereocenters. The molecule has 0 radical (unpaired) electrons. The van der Waals surface area contributed by atoms with Gasteiger partial charge in [0.15, 0.2) is 23.0 Å². The molecule has 0 atom stereocenters. The summed E-state index contributed by atoms with van der Waals surface area (Å²) in [6, 6.07) is 11.4. The van der Waals surface area contributed by atoms with Crippen molar-refractivity contribution >= 4 is 23.1 Å². The molecule has 42 heavy (non-hydrogen) atoms. The second-order valence-corrected chi connectivity index (χ2v) is 10.3. The maximum atomic E-state index is 15.2. The number of anilines is 2. The first-order valence-corrected chi connectivity index (χ1v) is 13.7. The lowest BCUT2D eigenvalue weighted by Crippen LogP contribution is -2.40. The van der Waals surface area contributed by atoms with Crippen molar-refractivity contribution in [3.05, 3.63) is 96.2 Å². The van der Waals surface area contributed by atoms with Crippen molar-refractivity contribution < 1.29 is 18.3 Å². The molecule has 1 aliphatic rings. The minimum atomic E-state index is -1.11. The number of pyridine rings is 1. The number of hydrogen-bond donors (Lipinski definition) is 2. The van der Waals surface area contributed by atoms with Crippen molar-refractivity contribution in [3.8, 4) is 22.8 Å². The molecule has 1 amide bonds. The summed E-state index contributed by atoms with van der Waals surface area (Å²) in [7, 11) is 0. The van der Waals surface area contributed by atoms with Crippen LogP contribution < -0.4 is 15.8 Å². The number of nitrogens with one attached hydrogen (secondary N) is 1. The Balaban J connectivity index is 1.23. The molecule has 214 valence electrons. The Kier molecular flexibility index (Phi) is 7.49. The van der Waals surface area contributed by atoms with Crippen molar-refractivity contribution in [2.45, 2.75) is 19.8 Å². The molecule has 5 aromatic rings. The van der Waals surface area contributed by atoms with Gasteiger partial charge in [0.05, 0.1) is 11.9 Å². The number of amides is 1. The summed E-state index contributed by atoms with van der Waals surface area (Å²) in [4.78, 5) is 27.8. The first kappa shape index (κ1) is 27.3. The number of aryl methyl sites for hydroxylation is 1. The van der Waals surface area contributed by atoms with Gasteiger partial charge in [-0.1, -0.05) is 0 Å². The Morgan fingerprint density at radius 2 is 1.83 bits per heavy atom. The highest BCUT2D eigenvalue weighted by Gasteiger charge is 2.24. The van der Waals surface area contributed by atoms with E-state index in [2.05, 4.69) is 20.3 Å². The summed E-state index contributed by atoms with van der Waals surface area (Å²) in [6.45, 7) is 3.96. The van der Waals surface area contributed by atoms with Gasteiger partial charge in [0, 0.05) is 54.7 Å². The van der Waals surface area contributed by atoms with E-state index in [9.17, 15) is 9.18 Å². The molecule has 0 saturated carbocycles. The molecule has 9 nitrogen and oxygen atoms in total. The van der Waals surface area contributed by atoms with Crippen molar-refractivity contribution in [1.29, 1.82) is 0 Å². The normalized spacial score (nSPS) is 13.9. The number of benzene rings is 2. The third-order valence-corrected chi connectivity index (χ3v) is 7.58. The second kappa shape index (κ2) is 11.5. The summed E-state index contributed by atoms with van der Waals surface area (Å²) in [5, 5.41) is 3.25. The quantitative estimate of drug-likeness (QED) is 0.258. The minimum Gasteiger partial charge on any atom is -0.454 e. The summed E-state index contributed by atoms with van der Waals surface area (Å²) >= 11 is 0. The molecule has 2 aromatic carbocycles. The third-order valence-electron chi connectivity index (χ3n) is 7.58. The van der Waals surface area contributed by atoms with Crippen LogP contribution in [0.5, 0.6) is 11.5 Å². The van der Waals surface area contributed by atoms with Crippen molar-refractivity contribution in [1.82, 2.24) is 24.3 Å². The predicted octanol–water partition coefficient (Wildman–Crippen LogP) is 5.72. The monoisotopic (exact) mass is 569 g/mol. The molecule has 11 heteroatoms. The Morgan fingerprint density at radius 3 is 2.57 bits per heavy atom. The molecule has 1 fully saturated rings. The molecule has 3 aromatic heterocycles. The van der Waals surface area contributed by atoms with Gasteiger partial charge in [0.25, 0.3) is 5.91 Å². The number of nitrogens with zero attached hydrogens (tertiary/aromatic N) is 5. The fraction of sp³-hybridized carbons (Fsp3) is 0.226. The van der Waals surface area contributed by atoms with Crippen LogP contribution in [-0.2, 0) is 0 Å². The summed E-state index contributed by atoms with van der Waals surface area (Å²) in [6.07, 6.45) is 9.47. The number of carbonyl (C=O) groups excluding carboxylic acids is 1. The van der Waals surface area contributed by atoms with E-state index in [0.717, 1.165) is 18.4 Å². The van der Waals surface area contributed by atoms with E-state index in [4.69, 9.17) is 10.5 Å². The number of likely N-dealkylation sites (tertiary alicyclic amines) is 1. The van der Waals surface area contributed by atoms with E-state index in [-0.39, 0.29) is 17.2 Å². The van der Waals surface area contributed by atoms with E-state index in [0.29, 0.717) is 59.7 Å². The lowest BCUT2D eigenvalue weighted by atomic mass is 9.96. The van der Waals surface area contributed by atoms with E-state index < -0.39 is 11.6 Å². The van der Waals surface area contributed by atoms with Gasteiger partial charge in [0.2, 0.25) is 5.82 Å². The van der Waals surface area contributed by atoms with Gasteiger partial charge in [-0.15, -0.1) is 0 Å². The fourth-order valence-corrected chi connectivity index (χ4v) is 5.21. The van der Waals surface area contributed by atoms with Crippen LogP contribution >= 0.6 is 0 Å². The van der Waals surface area contributed by atoms with Crippen LogP contribution in [0.3, 0.4) is 0 Å². The van der Waals surface area contributed by atoms with Crippen LogP contribution in [0.2, 0.25) is 0 Å². The molecule has 0 bridgehead atoms. The number of hydrogen-bond acceptors (Lipinski definition) is 7. The highest BCUT2D eigenvalue weighted by atomic mass is 19.2. The van der Waals surface area contributed by atoms with Crippen LogP contribution in [-0.4, -0.2) is 49.8 Å². The van der Waals surface area contributed by atoms with E-state index >= 15 is 4.39 Å². The summed E-state index contributed by atoms with van der Waals surface area (Å²) in [5.41, 5.74) is 8.77. The Hall–Kier alpha value is -4.90. The summed E-state index contributed by atoms with van der Waals surface area (Å²) < 4.78 is 37.3. The van der Waals surface area contributed by atoms with Crippen molar-refractivity contribution in [3.63, 3.8) is 0 Å². The average Bonchev–Trinajstić information content (AvgIpc) is 3.45. The number of nitrogens with two attached hydrogens (primary N) is 1. The molecule has 1 saturated heterocycles. The first-order valence-electron chi connectivity index (χ1n) is 13.7. The zero-order chi connectivity index (χ0) is 29.2. The Labute approximate surface area is 241 Å². The number of imidazole rings is 1. The molecule has 6 rings (SSSR count). The zero-order valence-corrected chi connectivity index (χ0v) is 22.9. The topological polar surface area (TPSA) is 111 Å². The molecule has 0 spiro atoms. The Bertz CT molecular complexity index is 1750. The Morgan fingerprint density at radius 1 is 1.05 bits per heavy atom. The first-order chi connectivity index (χ1) is 20.4. The highest BCUT2D eigenvalue weighted by Crippen LogP contribution is 2.33. The zero-order valence-electron chi connectivity index (χ0n) is 22.9. The van der Waals surface area contributed by atoms with Gasteiger partial charge >= 0.3 is 0 Å². The second-order valence-electron chi connectivity index (χ2n) is 10.3. The smallest absolute Gasteiger partial charge is 0.254 e. The van der Waals surface area contributed by atoms with E-state index in [1.807, 2.05) is 24.0 Å². The van der Waals surface area contributed by atoms with Crippen molar-refractivity contribution in [2.75, 3.05) is 25.0 Å². The molecule has 0 aliphatic carbocycles. The fourth-order valence-electron chi connectivity index (χ4n) is 5.21. The summed E-state index contributed by atoms with van der Waals surface area (Å²) in [5.74, 6) is -1.16. The molecular formula is C31H29F2N7O2. The molecular weight excluding hydrogens is 540 g/mol. The largest absolute Gasteiger partial charge is 0.454 e. The maximum Gasteiger partial charge on any atom is 0.254 e. The van der Waals surface area contributed by atoms with E-state index in [1.165, 1.54) is 30.7 Å². The van der Waals surface area contributed by atoms with Gasteiger partial charge in [-0.05, 0) is 80.3 Å². The maximum absolute atomic E-state index is 15.2. The minimum absolute atomic E-state index is 0.0131. The number of carbonyl (C=O) groups is 1. The third kappa shape index (κ3) is 5.26. The standard InChI is InChI=1S/C31H29F2N7O2/c1-19-16-21(2-3-23(19)31(41)39-13-8-20(17-34)9-14-39)38-29-30-37-18-25(40(30)15-12-36-29)24-4-5-26(28(33)27(24)32)42-22-6-10-35-11-7-22/h2-7,10-12,15-16,18,20H,8-9,13-14,17,34H2,1H3,(H,36,38). The number of ether oxygens (including phenoxy) is 1. The number of piperidine rings is 1. The van der Waals surface area contributed by atoms with Gasteiger partial charge in [-0.2, -0.15) is 4.39 Å². The van der Waals surface area contributed by atoms with E-state index in [1.54, 1.807) is 35.0 Å². The SMILES string of the molecule is Cc1cc(Nc2nccn3c(-c4ccc(Oc5ccncc5)c(F)c4F)cnc23)ccc1C(=O)N1CCC(CN)CC1. The number of fused-ring (bicyclic) bond motifs is 1. The van der Waals surface area contributed by atoms with Crippen LogP contribution in [0, 0.1) is 24.5 Å². The van der Waals surface area contributed by atoms with Crippen LogP contribution in [0.4, 0.5) is 20.3 Å².